The van der Waals surface area contributed by atoms with Gasteiger partial charge in [-0.25, -0.2) is 8.42 Å². The molecule has 0 unspecified atom stereocenters. The van der Waals surface area contributed by atoms with Gasteiger partial charge in [0.25, 0.3) is 0 Å². The molecule has 56 valence electrons. The lowest BCUT2D eigenvalue weighted by atomic mass is 10.3. The van der Waals surface area contributed by atoms with E-state index >= 15 is 0 Å². The normalized spacial score (nSPS) is 12.4. The standard InChI is InChI=1S/C5H11IO2S/c1-3-5(4-2)9(6,7)8/h5H,3-4H2,1-2H3. The fraction of sp³-hybridized carbons (Fsp3) is 1.00. The molecule has 0 aromatic rings. The van der Waals surface area contributed by atoms with Gasteiger partial charge in [0.2, 0.25) is 7.01 Å². The van der Waals surface area contributed by atoms with Crippen LogP contribution in [0.1, 0.15) is 26.7 Å². The minimum absolute atomic E-state index is 0.141. The third-order valence-electron chi connectivity index (χ3n) is 1.31. The van der Waals surface area contributed by atoms with Crippen molar-refractivity contribution in [3.63, 3.8) is 0 Å². The van der Waals surface area contributed by atoms with Gasteiger partial charge in [0.1, 0.15) is 0 Å². The van der Waals surface area contributed by atoms with Gasteiger partial charge in [0.05, 0.1) is 26.5 Å². The van der Waals surface area contributed by atoms with Crippen molar-refractivity contribution in [1.29, 1.82) is 0 Å². The Morgan fingerprint density at radius 3 is 1.67 bits per heavy atom. The van der Waals surface area contributed by atoms with Crippen LogP contribution < -0.4 is 0 Å². The van der Waals surface area contributed by atoms with E-state index in [-0.39, 0.29) is 5.25 Å². The van der Waals surface area contributed by atoms with Crippen molar-refractivity contribution in [3.8, 4) is 0 Å². The van der Waals surface area contributed by atoms with Crippen LogP contribution in [0, 0.1) is 0 Å². The maximum Gasteiger partial charge on any atom is 0.205 e. The van der Waals surface area contributed by atoms with Crippen molar-refractivity contribution in [3.05, 3.63) is 0 Å². The Morgan fingerprint density at radius 2 is 1.67 bits per heavy atom. The van der Waals surface area contributed by atoms with Crippen LogP contribution in [0.3, 0.4) is 0 Å². The maximum atomic E-state index is 10.8. The average molecular weight is 262 g/mol. The van der Waals surface area contributed by atoms with Gasteiger partial charge in [-0.1, -0.05) is 13.8 Å². The van der Waals surface area contributed by atoms with Crippen LogP contribution in [0.5, 0.6) is 0 Å². The highest BCUT2D eigenvalue weighted by molar-refractivity contribution is 14.2. The fourth-order valence-corrected chi connectivity index (χ4v) is 3.64. The van der Waals surface area contributed by atoms with E-state index in [1.165, 1.54) is 21.2 Å². The summed E-state index contributed by atoms with van der Waals surface area (Å²) in [5.41, 5.74) is 0. The van der Waals surface area contributed by atoms with E-state index in [9.17, 15) is 8.42 Å². The first-order valence-electron chi connectivity index (χ1n) is 2.95. The Hall–Kier alpha value is 0.680. The molecule has 0 rings (SSSR count). The molecule has 0 radical (unpaired) electrons. The zero-order valence-corrected chi connectivity index (χ0v) is 8.57. The SMILES string of the molecule is CCC(CC)S(=O)(=O)I. The molecule has 0 saturated heterocycles. The molecule has 0 amide bonds. The molecule has 0 aliphatic heterocycles. The summed E-state index contributed by atoms with van der Waals surface area (Å²) < 4.78 is 21.6. The van der Waals surface area contributed by atoms with Crippen LogP contribution in [0.2, 0.25) is 0 Å². The summed E-state index contributed by atoms with van der Waals surface area (Å²) in [6.45, 7) is 3.79. The van der Waals surface area contributed by atoms with Gasteiger partial charge in [0, 0.05) is 0 Å². The lowest BCUT2D eigenvalue weighted by Crippen LogP contribution is -2.12. The summed E-state index contributed by atoms with van der Waals surface area (Å²) in [6.07, 6.45) is 1.45. The Balaban J connectivity index is 4.14. The lowest BCUT2D eigenvalue weighted by molar-refractivity contribution is 0.589. The van der Waals surface area contributed by atoms with Crippen LogP contribution in [0.4, 0.5) is 0 Å². The lowest BCUT2D eigenvalue weighted by Gasteiger charge is -2.05. The summed E-state index contributed by atoms with van der Waals surface area (Å²) in [6, 6.07) is 0. The predicted octanol–water partition coefficient (Wildman–Crippen LogP) is 1.94. The van der Waals surface area contributed by atoms with E-state index in [0.29, 0.717) is 0 Å². The minimum atomic E-state index is -2.80. The van der Waals surface area contributed by atoms with Crippen LogP contribution >= 0.6 is 21.2 Å². The Morgan fingerprint density at radius 1 is 1.33 bits per heavy atom. The van der Waals surface area contributed by atoms with E-state index in [1.54, 1.807) is 0 Å². The second kappa shape index (κ2) is 3.75. The van der Waals surface area contributed by atoms with Crippen LogP contribution in [-0.2, 0) is 7.01 Å². The number of rotatable bonds is 3. The van der Waals surface area contributed by atoms with Gasteiger partial charge in [-0.15, -0.1) is 0 Å². The molecule has 0 aliphatic carbocycles. The van der Waals surface area contributed by atoms with Crippen molar-refractivity contribution >= 4 is 28.2 Å². The van der Waals surface area contributed by atoms with Crippen molar-refractivity contribution in [1.82, 2.24) is 0 Å². The number of halogens is 1. The molecule has 0 spiro atoms. The van der Waals surface area contributed by atoms with E-state index in [2.05, 4.69) is 0 Å². The molecule has 0 N–H and O–H groups in total. The predicted molar refractivity (Wildman–Crippen MR) is 47.3 cm³/mol. The molecular formula is C5H11IO2S. The second-order valence-corrected chi connectivity index (χ2v) is 7.21. The molecule has 0 heterocycles. The van der Waals surface area contributed by atoms with Crippen molar-refractivity contribution in [2.75, 3.05) is 0 Å². The summed E-state index contributed by atoms with van der Waals surface area (Å²) in [5, 5.41) is -0.141. The summed E-state index contributed by atoms with van der Waals surface area (Å²) >= 11 is 1.51. The molecule has 0 aliphatic rings. The first kappa shape index (κ1) is 9.68. The molecule has 0 bridgehead atoms. The summed E-state index contributed by atoms with van der Waals surface area (Å²) in [4.78, 5) is 0. The molecule has 4 heteroatoms. The van der Waals surface area contributed by atoms with Crippen LogP contribution in [-0.4, -0.2) is 13.7 Å². The van der Waals surface area contributed by atoms with E-state index in [1.807, 2.05) is 13.8 Å². The van der Waals surface area contributed by atoms with Crippen molar-refractivity contribution < 1.29 is 8.42 Å². The Labute approximate surface area is 68.5 Å². The quantitative estimate of drug-likeness (QED) is 0.575. The van der Waals surface area contributed by atoms with Gasteiger partial charge in [0.15, 0.2) is 0 Å². The van der Waals surface area contributed by atoms with Gasteiger partial charge in [-0.2, -0.15) is 0 Å². The molecule has 0 aromatic heterocycles. The largest absolute Gasteiger partial charge is 0.218 e. The first-order chi connectivity index (χ1) is 4.02. The van der Waals surface area contributed by atoms with Crippen LogP contribution in [0.15, 0.2) is 0 Å². The zero-order valence-electron chi connectivity index (χ0n) is 5.59. The first-order valence-corrected chi connectivity index (χ1v) is 7.04. The van der Waals surface area contributed by atoms with Gasteiger partial charge < -0.3 is 0 Å². The highest BCUT2D eigenvalue weighted by atomic mass is 127. The van der Waals surface area contributed by atoms with Gasteiger partial charge in [-0.05, 0) is 12.8 Å². The van der Waals surface area contributed by atoms with Gasteiger partial charge in [-0.3, -0.25) is 0 Å². The van der Waals surface area contributed by atoms with Crippen molar-refractivity contribution in [2.24, 2.45) is 0 Å². The second-order valence-electron chi connectivity index (χ2n) is 1.91. The highest BCUT2D eigenvalue weighted by Gasteiger charge is 2.16. The smallest absolute Gasteiger partial charge is 0.205 e. The van der Waals surface area contributed by atoms with E-state index in [0.717, 1.165) is 12.8 Å². The topological polar surface area (TPSA) is 34.1 Å². The van der Waals surface area contributed by atoms with Gasteiger partial charge >= 0.3 is 0 Å². The number of hydrogen-bond donors (Lipinski definition) is 0. The number of hydrogen-bond acceptors (Lipinski definition) is 2. The molecule has 0 fully saturated rings. The van der Waals surface area contributed by atoms with Crippen molar-refractivity contribution in [2.45, 2.75) is 31.9 Å². The third kappa shape index (κ3) is 3.40. The molecule has 2 nitrogen and oxygen atoms in total. The maximum absolute atomic E-state index is 10.8. The van der Waals surface area contributed by atoms with Crippen LogP contribution in [0.25, 0.3) is 0 Å². The zero-order chi connectivity index (χ0) is 7.49. The molecule has 0 aromatic carbocycles. The average Bonchev–Trinajstić information content (AvgIpc) is 1.65. The van der Waals surface area contributed by atoms with E-state index < -0.39 is 7.01 Å². The molecular weight excluding hydrogens is 251 g/mol. The molecule has 9 heavy (non-hydrogen) atoms. The fourth-order valence-electron chi connectivity index (χ4n) is 0.687. The summed E-state index contributed by atoms with van der Waals surface area (Å²) in [5.74, 6) is 0. The minimum Gasteiger partial charge on any atom is -0.218 e. The summed E-state index contributed by atoms with van der Waals surface area (Å²) in [7, 11) is -2.80. The monoisotopic (exact) mass is 262 g/mol. The highest BCUT2D eigenvalue weighted by Crippen LogP contribution is 2.16. The third-order valence-corrected chi connectivity index (χ3v) is 4.93. The van der Waals surface area contributed by atoms with E-state index in [4.69, 9.17) is 0 Å². The molecule has 0 saturated carbocycles. The Bertz CT molecular complexity index is 158. The molecule has 0 atom stereocenters. The Kier molecular flexibility index (Phi) is 4.04.